The van der Waals surface area contributed by atoms with Gasteiger partial charge >= 0.3 is 0 Å². The van der Waals surface area contributed by atoms with Gasteiger partial charge in [-0.25, -0.2) is 0 Å². The molecule has 0 heterocycles. The van der Waals surface area contributed by atoms with Gasteiger partial charge in [0.2, 0.25) is 0 Å². The molecule has 0 aliphatic carbocycles. The van der Waals surface area contributed by atoms with Crippen LogP contribution >= 0.6 is 0 Å². The fraction of sp³-hybridized carbons (Fsp3) is 1.00. The Kier molecular flexibility index (Phi) is 64.9. The maximum Gasteiger partial charge on any atom is 0.0799 e. The van der Waals surface area contributed by atoms with E-state index in [2.05, 4.69) is 9.47 Å². The summed E-state index contributed by atoms with van der Waals surface area (Å²) in [5.41, 5.74) is 0. The van der Waals surface area contributed by atoms with E-state index in [1.165, 1.54) is 0 Å². The molecule has 3 N–H and O–H groups in total. The van der Waals surface area contributed by atoms with E-state index in [1.54, 1.807) is 28.4 Å². The number of methoxy groups -OCH3 is 4. The average molecular weight is 740 g/mol. The Balaban J connectivity index is -0.0000000541. The molecule has 0 bridgehead atoms. The molecule has 0 saturated heterocycles. The van der Waals surface area contributed by atoms with E-state index in [9.17, 15) is 0 Å². The summed E-state index contributed by atoms with van der Waals surface area (Å²) >= 11 is 0. The van der Waals surface area contributed by atoms with Gasteiger partial charge in [-0.05, 0) is 19.8 Å². The average Bonchev–Trinajstić information content (AvgIpc) is 2.64. The maximum absolute atomic E-state index is 8.73. The Hall–Kier alpha value is 1.10. The third-order valence-corrected chi connectivity index (χ3v) is 2.87. The molecule has 0 aromatic heterocycles. The number of hydrogen-bond donors (Lipinski definition) is 3. The Labute approximate surface area is 196 Å². The number of aliphatic hydroxyl groups is 3. The van der Waals surface area contributed by atoms with E-state index in [4.69, 9.17) is 24.8 Å². The largest absolute Gasteiger partial charge is 0.396 e. The molecule has 0 spiro atoms. The van der Waals surface area contributed by atoms with Crippen LogP contribution in [0.25, 0.3) is 0 Å². The third kappa shape index (κ3) is 52.1. The van der Waals surface area contributed by atoms with E-state index < -0.39 is 0 Å². The molecule has 0 saturated carbocycles. The van der Waals surface area contributed by atoms with Gasteiger partial charge in [0.15, 0.2) is 0 Å². The normalized spacial score (nSPS) is 12.1. The molecule has 0 rings (SSSR count). The van der Waals surface area contributed by atoms with Crippen LogP contribution in [0.2, 0.25) is 0 Å². The van der Waals surface area contributed by atoms with Gasteiger partial charge in [-0.3, -0.25) is 0 Å². The zero-order valence-electron chi connectivity index (χ0n) is 18.5. The minimum atomic E-state index is -0.273. The summed E-state index contributed by atoms with van der Waals surface area (Å²) in [7, 11) is 6.50. The van der Waals surface area contributed by atoms with Crippen molar-refractivity contribution < 1.29 is 76.4 Å². The molecule has 0 aliphatic rings. The summed E-state index contributed by atoms with van der Waals surface area (Å²) in [5, 5.41) is 25.5. The van der Waals surface area contributed by atoms with Crippen molar-refractivity contribution in [1.29, 1.82) is 0 Å². The Bertz CT molecular complexity index is 181. The van der Waals surface area contributed by atoms with Gasteiger partial charge in [0.25, 0.3) is 0 Å². The van der Waals surface area contributed by atoms with Crippen LogP contribution in [0.4, 0.5) is 0 Å². The van der Waals surface area contributed by atoms with Crippen molar-refractivity contribution in [2.24, 2.45) is 5.92 Å². The summed E-state index contributed by atoms with van der Waals surface area (Å²) in [4.78, 5) is 0. The first-order chi connectivity index (χ1) is 11.9. The van der Waals surface area contributed by atoms with Crippen LogP contribution in [0, 0.1) is 5.92 Å². The second-order valence-corrected chi connectivity index (χ2v) is 5.29. The fourth-order valence-electron chi connectivity index (χ4n) is 1.02. The first-order valence-electron chi connectivity index (χ1n) is 8.77. The van der Waals surface area contributed by atoms with Crippen LogP contribution in [0.15, 0.2) is 0 Å². The molecule has 0 radical (unpaired) electrons. The van der Waals surface area contributed by atoms with Crippen molar-refractivity contribution in [2.75, 3.05) is 61.5 Å². The predicted molar refractivity (Wildman–Crippen MR) is 102 cm³/mol. The molecule has 3 unspecified atom stereocenters. The Morgan fingerprint density at radius 2 is 1.19 bits per heavy atom. The minimum absolute atomic E-state index is 0. The van der Waals surface area contributed by atoms with Gasteiger partial charge in [-0.1, -0.05) is 20.8 Å². The van der Waals surface area contributed by atoms with Crippen LogP contribution in [-0.2, 0) is 61.1 Å². The summed E-state index contributed by atoms with van der Waals surface area (Å²) < 4.78 is 18.7. The summed E-state index contributed by atoms with van der Waals surface area (Å²) in [6, 6.07) is 0. The molecule has 0 aliphatic heterocycles. The monoisotopic (exact) mass is 740 g/mol. The molecule has 27 heavy (non-hydrogen) atoms. The topological polar surface area (TPSA) is 97.6 Å². The maximum atomic E-state index is 8.73. The Morgan fingerprint density at radius 1 is 0.741 bits per heavy atom. The van der Waals surface area contributed by atoms with Crippen LogP contribution in [0.3, 0.4) is 0 Å². The second kappa shape index (κ2) is 41.5. The molecular weight excluding hydrogens is 696 g/mol. The van der Waals surface area contributed by atoms with Crippen molar-refractivity contribution in [1.82, 2.24) is 0 Å². The zero-order valence-corrected chi connectivity index (χ0v) is 24.3. The third-order valence-electron chi connectivity index (χ3n) is 2.87. The Morgan fingerprint density at radius 3 is 1.26 bits per heavy atom. The summed E-state index contributed by atoms with van der Waals surface area (Å²) in [6.45, 7) is 10.1. The summed E-state index contributed by atoms with van der Waals surface area (Å²) in [6.07, 6.45) is 1.42. The van der Waals surface area contributed by atoms with Gasteiger partial charge in [0.05, 0.1) is 32.0 Å². The number of hydrogen-bond acceptors (Lipinski definition) is 7. The van der Waals surface area contributed by atoms with Crippen molar-refractivity contribution in [3.05, 3.63) is 0 Å². The molecule has 170 valence electrons. The molecule has 0 aromatic carbocycles. The van der Waals surface area contributed by atoms with Crippen molar-refractivity contribution >= 4 is 0 Å². The SMILES string of the molecule is CCC(CO)OC.CCC(O)COC.CCOC.COCC(C)CO.[W].[W]. The van der Waals surface area contributed by atoms with Crippen LogP contribution < -0.4 is 0 Å². The predicted octanol–water partition coefficient (Wildman–Crippen LogP) is 1.72. The van der Waals surface area contributed by atoms with Gasteiger partial charge in [0.1, 0.15) is 0 Å². The number of rotatable bonds is 10. The molecule has 0 amide bonds. The first-order valence-corrected chi connectivity index (χ1v) is 8.77. The zero-order chi connectivity index (χ0) is 20.5. The molecular formula is C18H44O7W2. The van der Waals surface area contributed by atoms with Gasteiger partial charge < -0.3 is 34.3 Å². The van der Waals surface area contributed by atoms with Crippen molar-refractivity contribution in [2.45, 2.75) is 52.7 Å². The summed E-state index contributed by atoms with van der Waals surface area (Å²) in [5.74, 6) is 0.282. The smallest absolute Gasteiger partial charge is 0.0799 e. The van der Waals surface area contributed by atoms with Gasteiger partial charge in [0, 0.05) is 89.7 Å². The number of aliphatic hydroxyl groups excluding tert-OH is 3. The van der Waals surface area contributed by atoms with Crippen LogP contribution in [-0.4, -0.2) is 89.0 Å². The van der Waals surface area contributed by atoms with Crippen molar-refractivity contribution in [3.8, 4) is 0 Å². The van der Waals surface area contributed by atoms with E-state index in [0.29, 0.717) is 13.2 Å². The first kappa shape index (κ1) is 42.3. The fourth-order valence-corrected chi connectivity index (χ4v) is 1.02. The van der Waals surface area contributed by atoms with Crippen molar-refractivity contribution in [3.63, 3.8) is 0 Å². The van der Waals surface area contributed by atoms with E-state index in [0.717, 1.165) is 19.4 Å². The molecule has 0 aromatic rings. The molecule has 3 atom stereocenters. The van der Waals surface area contributed by atoms with Crippen LogP contribution in [0.5, 0.6) is 0 Å². The minimum Gasteiger partial charge on any atom is -0.396 e. The second-order valence-electron chi connectivity index (χ2n) is 5.29. The molecule has 7 nitrogen and oxygen atoms in total. The van der Waals surface area contributed by atoms with Gasteiger partial charge in [-0.15, -0.1) is 0 Å². The van der Waals surface area contributed by atoms with Crippen LogP contribution in [0.1, 0.15) is 40.5 Å². The van der Waals surface area contributed by atoms with Gasteiger partial charge in [-0.2, -0.15) is 0 Å². The quantitative estimate of drug-likeness (QED) is 0.314. The number of ether oxygens (including phenoxy) is 4. The van der Waals surface area contributed by atoms with E-state index in [-0.39, 0.29) is 73.5 Å². The van der Waals surface area contributed by atoms with E-state index >= 15 is 0 Å². The standard InChI is InChI=1S/3C5H12O2.C3H8O.2W/c1-5(3-6)4-7-2;1-3-5(6)4-7-2;1-3-5(4-6)7-2;1-3-4-2;;/h3*5-6H,3-4H2,1-2H3;3H2,1-2H3;;. The molecule has 0 fully saturated rings. The van der Waals surface area contributed by atoms with E-state index in [1.807, 2.05) is 27.7 Å². The molecule has 9 heteroatoms.